The second kappa shape index (κ2) is 7.57. The molecule has 0 saturated heterocycles. The van der Waals surface area contributed by atoms with Crippen molar-refractivity contribution in [3.8, 4) is 5.82 Å². The zero-order valence-corrected chi connectivity index (χ0v) is 16.0. The van der Waals surface area contributed by atoms with Gasteiger partial charge in [0.25, 0.3) is 11.5 Å². The number of hydrogen-bond donors (Lipinski definition) is 0. The molecule has 2 aromatic heterocycles. The van der Waals surface area contributed by atoms with Gasteiger partial charge in [0.1, 0.15) is 6.04 Å². The smallest absolute Gasteiger partial charge is 0.267 e. The molecule has 27 heavy (non-hydrogen) atoms. The molecule has 0 radical (unpaired) electrons. The molecule has 0 aliphatic heterocycles. The maximum atomic E-state index is 13.1. The van der Waals surface area contributed by atoms with Crippen molar-refractivity contribution >= 4 is 11.6 Å². The lowest BCUT2D eigenvalue weighted by atomic mass is 10.2. The van der Waals surface area contributed by atoms with Crippen LogP contribution in [0.15, 0.2) is 53.3 Å². The van der Waals surface area contributed by atoms with Crippen LogP contribution in [0.5, 0.6) is 0 Å². The molecule has 0 aliphatic carbocycles. The molecule has 140 valence electrons. The Kier molecular flexibility index (Phi) is 5.21. The van der Waals surface area contributed by atoms with Crippen LogP contribution >= 0.6 is 0 Å². The Hall–Kier alpha value is -3.22. The van der Waals surface area contributed by atoms with Gasteiger partial charge < -0.3 is 4.90 Å². The van der Waals surface area contributed by atoms with Crippen LogP contribution in [0.1, 0.15) is 31.3 Å². The SMILES string of the molecule is CCN(C(=O)C(C)n1nc(-n2nc(C)cc2C)ccc1=O)c1ccccc1. The first-order valence-corrected chi connectivity index (χ1v) is 8.92. The molecule has 1 amide bonds. The Bertz CT molecular complexity index is 1010. The van der Waals surface area contributed by atoms with Gasteiger partial charge in [0, 0.05) is 24.0 Å². The van der Waals surface area contributed by atoms with Crippen molar-refractivity contribution in [3.05, 3.63) is 70.3 Å². The molecule has 7 heteroatoms. The van der Waals surface area contributed by atoms with Gasteiger partial charge in [-0.3, -0.25) is 9.59 Å². The Morgan fingerprint density at radius 2 is 1.81 bits per heavy atom. The zero-order valence-electron chi connectivity index (χ0n) is 16.0. The minimum atomic E-state index is -0.741. The number of carbonyl (C=O) groups is 1. The van der Waals surface area contributed by atoms with E-state index in [0.717, 1.165) is 17.1 Å². The van der Waals surface area contributed by atoms with E-state index < -0.39 is 6.04 Å². The van der Waals surface area contributed by atoms with Crippen molar-refractivity contribution in [1.82, 2.24) is 19.6 Å². The highest BCUT2D eigenvalue weighted by Crippen LogP contribution is 2.18. The molecular weight excluding hydrogens is 342 g/mol. The minimum absolute atomic E-state index is 0.191. The van der Waals surface area contributed by atoms with Crippen LogP contribution in [0.3, 0.4) is 0 Å². The van der Waals surface area contributed by atoms with Gasteiger partial charge in [0.2, 0.25) is 0 Å². The van der Waals surface area contributed by atoms with Gasteiger partial charge in [-0.05, 0) is 52.0 Å². The van der Waals surface area contributed by atoms with Gasteiger partial charge in [0.05, 0.1) is 5.69 Å². The number of nitrogens with zero attached hydrogens (tertiary/aromatic N) is 5. The number of aromatic nitrogens is 4. The second-order valence-corrected chi connectivity index (χ2v) is 6.41. The summed E-state index contributed by atoms with van der Waals surface area (Å²) in [6, 6.07) is 13.6. The average molecular weight is 365 g/mol. The first-order chi connectivity index (χ1) is 12.9. The first kappa shape index (κ1) is 18.6. The van der Waals surface area contributed by atoms with E-state index in [1.807, 2.05) is 57.2 Å². The van der Waals surface area contributed by atoms with Crippen LogP contribution in [0.4, 0.5) is 5.69 Å². The monoisotopic (exact) mass is 365 g/mol. The highest BCUT2D eigenvalue weighted by atomic mass is 16.2. The van der Waals surface area contributed by atoms with Gasteiger partial charge in [-0.15, -0.1) is 5.10 Å². The van der Waals surface area contributed by atoms with E-state index in [-0.39, 0.29) is 11.5 Å². The minimum Gasteiger partial charge on any atom is -0.311 e. The molecule has 1 aromatic carbocycles. The third-order valence-electron chi connectivity index (χ3n) is 4.41. The molecule has 2 heterocycles. The van der Waals surface area contributed by atoms with Crippen molar-refractivity contribution < 1.29 is 4.79 Å². The molecule has 0 aliphatic rings. The Labute approximate surface area is 157 Å². The van der Waals surface area contributed by atoms with Gasteiger partial charge in [-0.2, -0.15) is 5.10 Å². The highest BCUT2D eigenvalue weighted by molar-refractivity contribution is 5.95. The van der Waals surface area contributed by atoms with Gasteiger partial charge >= 0.3 is 0 Å². The summed E-state index contributed by atoms with van der Waals surface area (Å²) in [6.07, 6.45) is 0. The van der Waals surface area contributed by atoms with E-state index in [9.17, 15) is 9.59 Å². The lowest BCUT2D eigenvalue weighted by molar-refractivity contribution is -0.121. The van der Waals surface area contributed by atoms with Gasteiger partial charge in [-0.1, -0.05) is 18.2 Å². The summed E-state index contributed by atoms with van der Waals surface area (Å²) in [6.45, 7) is 7.90. The summed E-state index contributed by atoms with van der Waals surface area (Å²) < 4.78 is 2.89. The molecule has 1 unspecified atom stereocenters. The van der Waals surface area contributed by atoms with Crippen LogP contribution in [-0.2, 0) is 4.79 Å². The molecule has 1 atom stereocenters. The number of anilines is 1. The summed E-state index contributed by atoms with van der Waals surface area (Å²) in [4.78, 5) is 27.1. The first-order valence-electron chi connectivity index (χ1n) is 8.92. The standard InChI is InChI=1S/C20H23N5O2/c1-5-23(17-9-7-6-8-10-17)20(27)16(4)25-19(26)12-11-18(22-25)24-15(3)13-14(2)21-24/h6-13,16H,5H2,1-4H3. The summed E-state index contributed by atoms with van der Waals surface area (Å²) in [5.41, 5.74) is 2.23. The van der Waals surface area contributed by atoms with Crippen LogP contribution in [0.25, 0.3) is 5.82 Å². The van der Waals surface area contributed by atoms with Crippen molar-refractivity contribution in [2.45, 2.75) is 33.7 Å². The lowest BCUT2D eigenvalue weighted by Gasteiger charge is -2.25. The fourth-order valence-electron chi connectivity index (χ4n) is 3.07. The zero-order chi connectivity index (χ0) is 19.6. The lowest BCUT2D eigenvalue weighted by Crippen LogP contribution is -2.40. The summed E-state index contributed by atoms with van der Waals surface area (Å²) >= 11 is 0. The van der Waals surface area contributed by atoms with E-state index in [0.29, 0.717) is 12.4 Å². The molecule has 0 bridgehead atoms. The van der Waals surface area contributed by atoms with E-state index >= 15 is 0 Å². The Morgan fingerprint density at radius 3 is 2.41 bits per heavy atom. The van der Waals surface area contributed by atoms with Crippen LogP contribution in [0, 0.1) is 13.8 Å². The van der Waals surface area contributed by atoms with E-state index in [2.05, 4.69) is 10.2 Å². The maximum absolute atomic E-state index is 13.1. The average Bonchev–Trinajstić information content (AvgIpc) is 3.01. The summed E-state index contributed by atoms with van der Waals surface area (Å²) in [7, 11) is 0. The summed E-state index contributed by atoms with van der Waals surface area (Å²) in [5.74, 6) is 0.312. The molecule has 3 rings (SSSR count). The van der Waals surface area contributed by atoms with Crippen LogP contribution in [-0.4, -0.2) is 32.0 Å². The van der Waals surface area contributed by atoms with E-state index in [1.165, 1.54) is 10.7 Å². The molecule has 7 nitrogen and oxygen atoms in total. The normalized spacial score (nSPS) is 12.0. The molecular formula is C20H23N5O2. The number of benzene rings is 1. The van der Waals surface area contributed by atoms with Crippen LogP contribution < -0.4 is 10.5 Å². The highest BCUT2D eigenvalue weighted by Gasteiger charge is 2.24. The van der Waals surface area contributed by atoms with Crippen molar-refractivity contribution in [2.24, 2.45) is 0 Å². The van der Waals surface area contributed by atoms with Gasteiger partial charge in [0.15, 0.2) is 5.82 Å². The number of amides is 1. The predicted octanol–water partition coefficient (Wildman–Crippen LogP) is 2.66. The van der Waals surface area contributed by atoms with Gasteiger partial charge in [-0.25, -0.2) is 9.36 Å². The quantitative estimate of drug-likeness (QED) is 0.697. The Morgan fingerprint density at radius 1 is 1.11 bits per heavy atom. The number of para-hydroxylation sites is 1. The van der Waals surface area contributed by atoms with Crippen molar-refractivity contribution in [3.63, 3.8) is 0 Å². The van der Waals surface area contributed by atoms with Crippen molar-refractivity contribution in [2.75, 3.05) is 11.4 Å². The number of carbonyl (C=O) groups excluding carboxylic acids is 1. The number of likely N-dealkylation sites (N-methyl/N-ethyl adjacent to an activating group) is 1. The maximum Gasteiger partial charge on any atom is 0.267 e. The predicted molar refractivity (Wildman–Crippen MR) is 104 cm³/mol. The second-order valence-electron chi connectivity index (χ2n) is 6.41. The Balaban J connectivity index is 1.97. The number of aryl methyl sites for hydroxylation is 2. The molecule has 3 aromatic rings. The number of hydrogen-bond acceptors (Lipinski definition) is 4. The topological polar surface area (TPSA) is 73.0 Å². The molecule has 0 fully saturated rings. The largest absolute Gasteiger partial charge is 0.311 e. The third kappa shape index (κ3) is 3.67. The fraction of sp³-hybridized carbons (Fsp3) is 0.300. The third-order valence-corrected chi connectivity index (χ3v) is 4.41. The van der Waals surface area contributed by atoms with Crippen molar-refractivity contribution in [1.29, 1.82) is 0 Å². The molecule has 0 spiro atoms. The molecule has 0 N–H and O–H groups in total. The molecule has 0 saturated carbocycles. The van der Waals surface area contributed by atoms with Crippen LogP contribution in [0.2, 0.25) is 0 Å². The fourth-order valence-corrected chi connectivity index (χ4v) is 3.07. The van der Waals surface area contributed by atoms with E-state index in [4.69, 9.17) is 0 Å². The van der Waals surface area contributed by atoms with E-state index in [1.54, 1.807) is 22.6 Å². The number of rotatable bonds is 5. The summed E-state index contributed by atoms with van der Waals surface area (Å²) in [5, 5.41) is 8.80.